The summed E-state index contributed by atoms with van der Waals surface area (Å²) in [5.74, 6) is 0.646. The number of guanidine groups is 1. The molecule has 116 valence electrons. The molecule has 20 heavy (non-hydrogen) atoms. The molecule has 1 saturated heterocycles. The summed E-state index contributed by atoms with van der Waals surface area (Å²) in [6, 6.07) is -0.105. The van der Waals surface area contributed by atoms with Crippen molar-refractivity contribution in [3.05, 3.63) is 0 Å². The SMILES string of the molecule is CCCCCCCCCC1NC(=NCCOC)NC1=O. The Hall–Kier alpha value is -1.10. The first-order valence-electron chi connectivity index (χ1n) is 7.88. The van der Waals surface area contributed by atoms with Gasteiger partial charge in [0, 0.05) is 7.11 Å². The van der Waals surface area contributed by atoms with Crippen LogP contribution in [0.5, 0.6) is 0 Å². The van der Waals surface area contributed by atoms with Crippen LogP contribution in [0.3, 0.4) is 0 Å². The van der Waals surface area contributed by atoms with Crippen molar-refractivity contribution >= 4 is 11.9 Å². The lowest BCUT2D eigenvalue weighted by Crippen LogP contribution is -2.29. The normalized spacial score (nSPS) is 20.2. The lowest BCUT2D eigenvalue weighted by Gasteiger charge is -2.07. The standard InChI is InChI=1S/C15H29N3O2/c1-3-4-5-6-7-8-9-10-13-14(19)18-15(17-13)16-11-12-20-2/h13H,3-12H2,1-2H3,(H2,16,17,18,19). The van der Waals surface area contributed by atoms with Gasteiger partial charge in [-0.25, -0.2) is 0 Å². The highest BCUT2D eigenvalue weighted by Crippen LogP contribution is 2.11. The minimum absolute atomic E-state index is 0.0483. The van der Waals surface area contributed by atoms with Crippen molar-refractivity contribution in [3.63, 3.8) is 0 Å². The predicted octanol–water partition coefficient (Wildman–Crippen LogP) is 2.22. The van der Waals surface area contributed by atoms with E-state index in [4.69, 9.17) is 4.74 Å². The van der Waals surface area contributed by atoms with E-state index in [9.17, 15) is 4.79 Å². The van der Waals surface area contributed by atoms with Crippen molar-refractivity contribution in [2.75, 3.05) is 20.3 Å². The smallest absolute Gasteiger partial charge is 0.249 e. The number of unbranched alkanes of at least 4 members (excludes halogenated alkanes) is 6. The fourth-order valence-electron chi connectivity index (χ4n) is 2.31. The van der Waals surface area contributed by atoms with Crippen molar-refractivity contribution < 1.29 is 9.53 Å². The summed E-state index contributed by atoms with van der Waals surface area (Å²) < 4.78 is 4.93. The van der Waals surface area contributed by atoms with Gasteiger partial charge in [0.05, 0.1) is 13.2 Å². The van der Waals surface area contributed by atoms with Crippen molar-refractivity contribution in [1.82, 2.24) is 10.6 Å². The van der Waals surface area contributed by atoms with Gasteiger partial charge < -0.3 is 10.1 Å². The topological polar surface area (TPSA) is 62.7 Å². The van der Waals surface area contributed by atoms with E-state index in [0.29, 0.717) is 19.1 Å². The van der Waals surface area contributed by atoms with Gasteiger partial charge in [-0.2, -0.15) is 0 Å². The largest absolute Gasteiger partial charge is 0.383 e. The van der Waals surface area contributed by atoms with Crippen LogP contribution in [0.15, 0.2) is 4.99 Å². The number of carbonyl (C=O) groups is 1. The van der Waals surface area contributed by atoms with Gasteiger partial charge in [-0.15, -0.1) is 0 Å². The Morgan fingerprint density at radius 3 is 2.55 bits per heavy atom. The number of hydrogen-bond donors (Lipinski definition) is 2. The average molecular weight is 283 g/mol. The van der Waals surface area contributed by atoms with Crippen molar-refractivity contribution in [1.29, 1.82) is 0 Å². The van der Waals surface area contributed by atoms with Gasteiger partial charge in [0.15, 0.2) is 5.96 Å². The molecule has 0 aromatic heterocycles. The Labute approximate surface area is 122 Å². The fraction of sp³-hybridized carbons (Fsp3) is 0.867. The van der Waals surface area contributed by atoms with Crippen LogP contribution in [-0.4, -0.2) is 38.2 Å². The van der Waals surface area contributed by atoms with E-state index in [1.165, 1.54) is 38.5 Å². The summed E-state index contributed by atoms with van der Waals surface area (Å²) in [6.07, 6.45) is 9.78. The molecule has 1 fully saturated rings. The van der Waals surface area contributed by atoms with Crippen molar-refractivity contribution in [3.8, 4) is 0 Å². The first kappa shape index (κ1) is 17.0. The predicted molar refractivity (Wildman–Crippen MR) is 81.9 cm³/mol. The van der Waals surface area contributed by atoms with E-state index in [0.717, 1.165) is 12.8 Å². The third-order valence-electron chi connectivity index (χ3n) is 3.53. The number of nitrogens with zero attached hydrogens (tertiary/aromatic N) is 1. The molecule has 1 amide bonds. The van der Waals surface area contributed by atoms with Crippen molar-refractivity contribution in [2.45, 2.75) is 64.3 Å². The monoisotopic (exact) mass is 283 g/mol. The van der Waals surface area contributed by atoms with Gasteiger partial charge in [-0.1, -0.05) is 51.9 Å². The second-order valence-corrected chi connectivity index (χ2v) is 5.32. The highest BCUT2D eigenvalue weighted by atomic mass is 16.5. The molecule has 5 nitrogen and oxygen atoms in total. The van der Waals surface area contributed by atoms with Crippen LogP contribution in [0.25, 0.3) is 0 Å². The van der Waals surface area contributed by atoms with Crippen LogP contribution in [0.2, 0.25) is 0 Å². The zero-order valence-corrected chi connectivity index (χ0v) is 12.9. The number of ether oxygens (including phenoxy) is 1. The summed E-state index contributed by atoms with van der Waals surface area (Å²) in [5, 5.41) is 5.92. The Morgan fingerprint density at radius 2 is 1.85 bits per heavy atom. The number of nitrogens with one attached hydrogen (secondary N) is 2. The molecule has 1 heterocycles. The number of rotatable bonds is 11. The lowest BCUT2D eigenvalue weighted by atomic mass is 10.1. The Kier molecular flexibility index (Phi) is 9.04. The summed E-state index contributed by atoms with van der Waals surface area (Å²) >= 11 is 0. The molecule has 0 spiro atoms. The minimum Gasteiger partial charge on any atom is -0.383 e. The van der Waals surface area contributed by atoms with Gasteiger partial charge in [-0.3, -0.25) is 15.1 Å². The van der Waals surface area contributed by atoms with Gasteiger partial charge in [-0.05, 0) is 6.42 Å². The Morgan fingerprint density at radius 1 is 1.15 bits per heavy atom. The summed E-state index contributed by atoms with van der Waals surface area (Å²) in [6.45, 7) is 3.38. The van der Waals surface area contributed by atoms with Gasteiger partial charge in [0.2, 0.25) is 5.91 Å². The van der Waals surface area contributed by atoms with E-state index >= 15 is 0 Å². The average Bonchev–Trinajstić information content (AvgIpc) is 2.79. The van der Waals surface area contributed by atoms with Crippen LogP contribution in [-0.2, 0) is 9.53 Å². The lowest BCUT2D eigenvalue weighted by molar-refractivity contribution is -0.120. The maximum Gasteiger partial charge on any atom is 0.249 e. The number of carbonyl (C=O) groups excluding carboxylic acids is 1. The van der Waals surface area contributed by atoms with Gasteiger partial charge >= 0.3 is 0 Å². The van der Waals surface area contributed by atoms with Crippen LogP contribution in [0.4, 0.5) is 0 Å². The molecular weight excluding hydrogens is 254 g/mol. The molecule has 0 aromatic rings. The van der Waals surface area contributed by atoms with Crippen molar-refractivity contribution in [2.24, 2.45) is 4.99 Å². The maximum absolute atomic E-state index is 11.7. The van der Waals surface area contributed by atoms with Crippen LogP contribution in [0, 0.1) is 0 Å². The summed E-state index contributed by atoms with van der Waals surface area (Å²) in [5.41, 5.74) is 0. The molecule has 2 N–H and O–H groups in total. The second-order valence-electron chi connectivity index (χ2n) is 5.32. The number of methoxy groups -OCH3 is 1. The third kappa shape index (κ3) is 6.89. The molecule has 0 aromatic carbocycles. The van der Waals surface area contributed by atoms with Crippen LogP contribution in [0.1, 0.15) is 58.3 Å². The van der Waals surface area contributed by atoms with Crippen LogP contribution < -0.4 is 10.6 Å². The van der Waals surface area contributed by atoms with E-state index in [1.54, 1.807) is 7.11 Å². The zero-order chi connectivity index (χ0) is 14.6. The first-order chi connectivity index (χ1) is 9.77. The number of amides is 1. The van der Waals surface area contributed by atoms with Crippen LogP contribution >= 0.6 is 0 Å². The molecule has 0 bridgehead atoms. The molecule has 0 radical (unpaired) electrons. The number of hydrogen-bond acceptors (Lipinski definition) is 3. The second kappa shape index (κ2) is 10.7. The molecule has 0 saturated carbocycles. The first-order valence-corrected chi connectivity index (χ1v) is 7.88. The maximum atomic E-state index is 11.7. The Balaban J connectivity index is 2.09. The molecule has 1 aliphatic heterocycles. The highest BCUT2D eigenvalue weighted by Gasteiger charge is 2.27. The van der Waals surface area contributed by atoms with E-state index < -0.39 is 0 Å². The van der Waals surface area contributed by atoms with E-state index in [-0.39, 0.29) is 11.9 Å². The van der Waals surface area contributed by atoms with Gasteiger partial charge in [0.1, 0.15) is 6.04 Å². The molecule has 1 atom stereocenters. The minimum atomic E-state index is -0.105. The number of aliphatic imine (C=N–C) groups is 1. The molecule has 1 rings (SSSR count). The third-order valence-corrected chi connectivity index (χ3v) is 3.53. The summed E-state index contributed by atoms with van der Waals surface area (Å²) in [4.78, 5) is 16.0. The molecule has 5 heteroatoms. The van der Waals surface area contributed by atoms with E-state index in [1.807, 2.05) is 0 Å². The quantitative estimate of drug-likeness (QED) is 0.572. The molecule has 0 aliphatic carbocycles. The Bertz CT molecular complexity index is 305. The molecular formula is C15H29N3O2. The summed E-state index contributed by atoms with van der Waals surface area (Å²) in [7, 11) is 1.64. The van der Waals surface area contributed by atoms with E-state index in [2.05, 4.69) is 22.5 Å². The van der Waals surface area contributed by atoms with Gasteiger partial charge in [0.25, 0.3) is 0 Å². The molecule has 1 unspecified atom stereocenters. The zero-order valence-electron chi connectivity index (χ0n) is 12.9. The fourth-order valence-corrected chi connectivity index (χ4v) is 2.31. The highest BCUT2D eigenvalue weighted by molar-refractivity contribution is 6.06. The molecule has 1 aliphatic rings.